The van der Waals surface area contributed by atoms with Gasteiger partial charge in [-0.25, -0.2) is 9.79 Å². The van der Waals surface area contributed by atoms with Crippen molar-refractivity contribution in [2.45, 2.75) is 19.3 Å². The Hall–Kier alpha value is -3.20. The van der Waals surface area contributed by atoms with Crippen molar-refractivity contribution in [2.75, 3.05) is 4.31 Å². The number of rotatable bonds is 7. The van der Waals surface area contributed by atoms with Crippen molar-refractivity contribution < 1.29 is 23.0 Å². The zero-order valence-corrected chi connectivity index (χ0v) is 17.1. The van der Waals surface area contributed by atoms with Crippen molar-refractivity contribution in [3.8, 4) is 0 Å². The molecule has 0 radical (unpaired) electrons. The molecule has 0 saturated heterocycles. The molecule has 1 unspecified atom stereocenters. The topological polar surface area (TPSA) is 107 Å². The molecular formula is C22H22N2O5S. The predicted molar refractivity (Wildman–Crippen MR) is 114 cm³/mol. The first kappa shape index (κ1) is 21.5. The van der Waals surface area contributed by atoms with Gasteiger partial charge in [-0.2, -0.15) is 8.42 Å². The van der Waals surface area contributed by atoms with Crippen LogP contribution in [0.2, 0.25) is 0 Å². The molecule has 0 aliphatic carbocycles. The van der Waals surface area contributed by atoms with E-state index in [9.17, 15) is 17.8 Å². The maximum atomic E-state index is 12.3. The monoisotopic (exact) mass is 426 g/mol. The molecule has 0 heterocycles. The molecule has 3 aromatic carbocycles. The normalized spacial score (nSPS) is 12.2. The SMILES string of the molecule is CCc1ccc(N(c2ccc(C(C(=O)NO)c3ccccc3)cc2)S(=O)(=O)O)cc1. The smallest absolute Gasteiger partial charge is 0.289 e. The van der Waals surface area contributed by atoms with Crippen LogP contribution in [0.3, 0.4) is 0 Å². The zero-order chi connectivity index (χ0) is 21.7. The second-order valence-electron chi connectivity index (χ2n) is 6.67. The number of hydrogen-bond donors (Lipinski definition) is 3. The Morgan fingerprint density at radius 3 is 1.87 bits per heavy atom. The van der Waals surface area contributed by atoms with Crippen LogP contribution in [0, 0.1) is 0 Å². The van der Waals surface area contributed by atoms with Crippen LogP contribution in [-0.4, -0.2) is 24.1 Å². The highest BCUT2D eigenvalue weighted by atomic mass is 32.2. The third kappa shape index (κ3) is 4.68. The molecule has 0 fully saturated rings. The lowest BCUT2D eigenvalue weighted by Gasteiger charge is -2.22. The number of nitrogens with one attached hydrogen (secondary N) is 1. The summed E-state index contributed by atoms with van der Waals surface area (Å²) in [5.74, 6) is -1.40. The molecule has 1 amide bonds. The average molecular weight is 426 g/mol. The van der Waals surface area contributed by atoms with Crippen LogP contribution in [0.5, 0.6) is 0 Å². The molecule has 0 aliphatic heterocycles. The highest BCUT2D eigenvalue weighted by molar-refractivity contribution is 7.87. The first-order chi connectivity index (χ1) is 14.3. The number of carbonyl (C=O) groups excluding carboxylic acids is 1. The summed E-state index contributed by atoms with van der Waals surface area (Å²) in [5, 5.41) is 9.15. The van der Waals surface area contributed by atoms with Crippen molar-refractivity contribution in [1.29, 1.82) is 0 Å². The molecule has 1 atom stereocenters. The number of benzene rings is 3. The van der Waals surface area contributed by atoms with Gasteiger partial charge in [0.15, 0.2) is 0 Å². The van der Waals surface area contributed by atoms with E-state index < -0.39 is 22.1 Å². The van der Waals surface area contributed by atoms with Crippen molar-refractivity contribution in [2.24, 2.45) is 0 Å². The molecule has 0 spiro atoms. The minimum atomic E-state index is -4.58. The zero-order valence-electron chi connectivity index (χ0n) is 16.3. The van der Waals surface area contributed by atoms with Crippen LogP contribution < -0.4 is 9.79 Å². The molecule has 3 aromatic rings. The van der Waals surface area contributed by atoms with E-state index in [4.69, 9.17) is 5.21 Å². The molecule has 0 saturated carbocycles. The van der Waals surface area contributed by atoms with Crippen molar-refractivity contribution in [3.05, 3.63) is 95.6 Å². The summed E-state index contributed by atoms with van der Waals surface area (Å²) in [6, 6.07) is 21.9. The van der Waals surface area contributed by atoms with E-state index in [-0.39, 0.29) is 11.4 Å². The Morgan fingerprint density at radius 2 is 1.40 bits per heavy atom. The van der Waals surface area contributed by atoms with Gasteiger partial charge in [0, 0.05) is 0 Å². The predicted octanol–water partition coefficient (Wildman–Crippen LogP) is 3.83. The van der Waals surface area contributed by atoms with E-state index in [1.807, 2.05) is 13.0 Å². The second kappa shape index (κ2) is 9.08. The Kier molecular flexibility index (Phi) is 6.51. The maximum Gasteiger partial charge on any atom is 0.364 e. The summed E-state index contributed by atoms with van der Waals surface area (Å²) >= 11 is 0. The second-order valence-corrected chi connectivity index (χ2v) is 7.93. The third-order valence-corrected chi connectivity index (χ3v) is 5.66. The van der Waals surface area contributed by atoms with Crippen molar-refractivity contribution in [1.82, 2.24) is 5.48 Å². The number of carbonyl (C=O) groups is 1. The number of amides is 1. The molecule has 156 valence electrons. The largest absolute Gasteiger partial charge is 0.364 e. The standard InChI is InChI=1S/C22H22N2O5S/c1-2-16-8-12-19(13-9-16)24(30(27,28)29)20-14-10-18(11-15-20)21(22(25)23-26)17-6-4-3-5-7-17/h3-15,21,26H,2H2,1H3,(H,23,25)(H,27,28,29). The number of hydrogen-bond acceptors (Lipinski definition) is 4. The van der Waals surface area contributed by atoms with E-state index in [1.165, 1.54) is 12.1 Å². The van der Waals surface area contributed by atoms with Gasteiger partial charge in [-0.05, 0) is 47.4 Å². The molecule has 3 N–H and O–H groups in total. The number of aryl methyl sites for hydroxylation is 1. The van der Waals surface area contributed by atoms with E-state index in [2.05, 4.69) is 0 Å². The molecule has 7 nitrogen and oxygen atoms in total. The molecule has 3 rings (SSSR count). The number of anilines is 2. The molecule has 8 heteroatoms. The van der Waals surface area contributed by atoms with E-state index in [1.54, 1.807) is 66.1 Å². The van der Waals surface area contributed by atoms with Crippen LogP contribution in [0.15, 0.2) is 78.9 Å². The lowest BCUT2D eigenvalue weighted by Crippen LogP contribution is -2.27. The Balaban J connectivity index is 2.01. The fourth-order valence-electron chi connectivity index (χ4n) is 3.29. The van der Waals surface area contributed by atoms with Crippen LogP contribution in [0.25, 0.3) is 0 Å². The number of hydroxylamine groups is 1. The van der Waals surface area contributed by atoms with Crippen molar-refractivity contribution >= 4 is 27.6 Å². The Bertz CT molecular complexity index is 1100. The van der Waals surface area contributed by atoms with Gasteiger partial charge in [-0.1, -0.05) is 61.5 Å². The van der Waals surface area contributed by atoms with Gasteiger partial charge in [0.2, 0.25) is 0 Å². The first-order valence-electron chi connectivity index (χ1n) is 9.30. The molecule has 0 aromatic heterocycles. The van der Waals surface area contributed by atoms with Crippen LogP contribution in [0.1, 0.15) is 29.5 Å². The van der Waals surface area contributed by atoms with Crippen LogP contribution in [0.4, 0.5) is 11.4 Å². The lowest BCUT2D eigenvalue weighted by molar-refractivity contribution is -0.129. The van der Waals surface area contributed by atoms with Crippen LogP contribution >= 0.6 is 0 Å². The summed E-state index contributed by atoms with van der Waals surface area (Å²) < 4.78 is 34.7. The van der Waals surface area contributed by atoms with Gasteiger partial charge in [-0.15, -0.1) is 0 Å². The van der Waals surface area contributed by atoms with Gasteiger partial charge in [0.05, 0.1) is 17.3 Å². The quantitative estimate of drug-likeness (QED) is 0.302. The Morgan fingerprint density at radius 1 is 0.900 bits per heavy atom. The third-order valence-electron chi connectivity index (χ3n) is 4.78. The Labute approximate surface area is 175 Å². The van der Waals surface area contributed by atoms with E-state index in [0.29, 0.717) is 11.1 Å². The molecular weight excluding hydrogens is 404 g/mol. The fraction of sp³-hybridized carbons (Fsp3) is 0.136. The van der Waals surface area contributed by atoms with Gasteiger partial charge >= 0.3 is 10.3 Å². The minimum absolute atomic E-state index is 0.210. The molecule has 0 aliphatic rings. The number of nitrogens with zero attached hydrogens (tertiary/aromatic N) is 1. The summed E-state index contributed by atoms with van der Waals surface area (Å²) in [4.78, 5) is 12.3. The summed E-state index contributed by atoms with van der Waals surface area (Å²) in [7, 11) is -4.58. The van der Waals surface area contributed by atoms with Gasteiger partial charge in [0.1, 0.15) is 0 Å². The summed E-state index contributed by atoms with van der Waals surface area (Å²) in [5.41, 5.74) is 4.42. The van der Waals surface area contributed by atoms with Crippen molar-refractivity contribution in [3.63, 3.8) is 0 Å². The highest BCUT2D eigenvalue weighted by Crippen LogP contribution is 2.31. The van der Waals surface area contributed by atoms with Gasteiger partial charge < -0.3 is 0 Å². The van der Waals surface area contributed by atoms with Gasteiger partial charge in [0.25, 0.3) is 5.91 Å². The summed E-state index contributed by atoms with van der Waals surface area (Å²) in [6.07, 6.45) is 0.800. The molecule has 0 bridgehead atoms. The van der Waals surface area contributed by atoms with E-state index >= 15 is 0 Å². The summed E-state index contributed by atoms with van der Waals surface area (Å²) in [6.45, 7) is 1.99. The van der Waals surface area contributed by atoms with Gasteiger partial charge in [-0.3, -0.25) is 14.6 Å². The maximum absolute atomic E-state index is 12.3. The first-order valence-corrected chi connectivity index (χ1v) is 10.7. The highest BCUT2D eigenvalue weighted by Gasteiger charge is 2.25. The lowest BCUT2D eigenvalue weighted by atomic mass is 9.90. The van der Waals surface area contributed by atoms with Crippen LogP contribution in [-0.2, 0) is 21.5 Å². The average Bonchev–Trinajstić information content (AvgIpc) is 2.75. The van der Waals surface area contributed by atoms with E-state index in [0.717, 1.165) is 16.3 Å². The molecule has 30 heavy (non-hydrogen) atoms. The fourth-order valence-corrected chi connectivity index (χ4v) is 4.07. The minimum Gasteiger partial charge on any atom is -0.289 e.